The average molecular weight is 287 g/mol. The van der Waals surface area contributed by atoms with Gasteiger partial charge in [-0.3, -0.25) is 9.59 Å². The Hall–Kier alpha value is -2.56. The summed E-state index contributed by atoms with van der Waals surface area (Å²) in [7, 11) is 0. The molecule has 0 saturated carbocycles. The quantitative estimate of drug-likeness (QED) is 0.905. The minimum atomic E-state index is -0.907. The third-order valence-corrected chi connectivity index (χ3v) is 3.33. The SMILES string of the molecule is Cc1oc(C)c(C(=O)Nc2cccc(CC(=O)O)c2)c1C. The summed E-state index contributed by atoms with van der Waals surface area (Å²) in [6.45, 7) is 5.39. The largest absolute Gasteiger partial charge is 0.481 e. The normalized spacial score (nSPS) is 10.4. The average Bonchev–Trinajstić information content (AvgIpc) is 2.62. The number of carbonyl (C=O) groups excluding carboxylic acids is 1. The van der Waals surface area contributed by atoms with E-state index in [0.717, 1.165) is 11.3 Å². The third kappa shape index (κ3) is 3.31. The van der Waals surface area contributed by atoms with Crippen molar-refractivity contribution >= 4 is 17.6 Å². The molecule has 0 aliphatic rings. The molecule has 0 fully saturated rings. The van der Waals surface area contributed by atoms with Gasteiger partial charge in [0, 0.05) is 11.3 Å². The Morgan fingerprint density at radius 1 is 1.19 bits per heavy atom. The molecule has 0 radical (unpaired) electrons. The van der Waals surface area contributed by atoms with Gasteiger partial charge in [0.1, 0.15) is 11.5 Å². The molecule has 1 aromatic carbocycles. The van der Waals surface area contributed by atoms with E-state index in [2.05, 4.69) is 5.32 Å². The highest BCUT2D eigenvalue weighted by molar-refractivity contribution is 6.06. The molecule has 0 atom stereocenters. The lowest BCUT2D eigenvalue weighted by Crippen LogP contribution is -2.14. The maximum absolute atomic E-state index is 12.3. The molecular weight excluding hydrogens is 270 g/mol. The number of carboxylic acid groups (broad SMARTS) is 1. The van der Waals surface area contributed by atoms with Crippen LogP contribution in [-0.4, -0.2) is 17.0 Å². The smallest absolute Gasteiger partial charge is 0.307 e. The van der Waals surface area contributed by atoms with Crippen molar-refractivity contribution in [1.29, 1.82) is 0 Å². The Balaban J connectivity index is 2.21. The molecule has 0 bridgehead atoms. The van der Waals surface area contributed by atoms with E-state index >= 15 is 0 Å². The van der Waals surface area contributed by atoms with Crippen LogP contribution in [0.15, 0.2) is 28.7 Å². The lowest BCUT2D eigenvalue weighted by atomic mass is 10.1. The zero-order valence-electron chi connectivity index (χ0n) is 12.2. The number of anilines is 1. The Kier molecular flexibility index (Phi) is 4.12. The molecular formula is C16H17NO4. The van der Waals surface area contributed by atoms with E-state index in [9.17, 15) is 9.59 Å². The molecule has 21 heavy (non-hydrogen) atoms. The van der Waals surface area contributed by atoms with E-state index in [0.29, 0.717) is 22.6 Å². The van der Waals surface area contributed by atoms with E-state index in [1.807, 2.05) is 13.8 Å². The van der Waals surface area contributed by atoms with Gasteiger partial charge in [-0.15, -0.1) is 0 Å². The van der Waals surface area contributed by atoms with Gasteiger partial charge >= 0.3 is 5.97 Å². The minimum absolute atomic E-state index is 0.0768. The number of aliphatic carboxylic acids is 1. The van der Waals surface area contributed by atoms with Crippen LogP contribution in [0.5, 0.6) is 0 Å². The summed E-state index contributed by atoms with van der Waals surface area (Å²) < 4.78 is 5.44. The van der Waals surface area contributed by atoms with Crippen LogP contribution in [0.2, 0.25) is 0 Å². The fourth-order valence-corrected chi connectivity index (χ4v) is 2.25. The van der Waals surface area contributed by atoms with E-state index in [1.165, 1.54) is 0 Å². The summed E-state index contributed by atoms with van der Waals surface area (Å²) in [6.07, 6.45) is -0.0768. The molecule has 2 rings (SSSR count). The Labute approximate surface area is 122 Å². The summed E-state index contributed by atoms with van der Waals surface area (Å²) in [5.41, 5.74) is 2.54. The van der Waals surface area contributed by atoms with Crippen molar-refractivity contribution in [2.75, 3.05) is 5.32 Å². The number of rotatable bonds is 4. The first kappa shape index (κ1) is 14.8. The number of hydrogen-bond acceptors (Lipinski definition) is 3. The summed E-state index contributed by atoms with van der Waals surface area (Å²) in [5, 5.41) is 11.6. The van der Waals surface area contributed by atoms with Gasteiger partial charge in [-0.1, -0.05) is 12.1 Å². The molecule has 1 heterocycles. The second-order valence-corrected chi connectivity index (χ2v) is 4.94. The van der Waals surface area contributed by atoms with Crippen LogP contribution in [0.25, 0.3) is 0 Å². The van der Waals surface area contributed by atoms with Gasteiger partial charge < -0.3 is 14.8 Å². The molecule has 110 valence electrons. The van der Waals surface area contributed by atoms with Gasteiger partial charge in [0.25, 0.3) is 5.91 Å². The molecule has 2 N–H and O–H groups in total. The first-order chi connectivity index (χ1) is 9.88. The summed E-state index contributed by atoms with van der Waals surface area (Å²) in [6, 6.07) is 6.81. The van der Waals surface area contributed by atoms with E-state index in [1.54, 1.807) is 31.2 Å². The lowest BCUT2D eigenvalue weighted by Gasteiger charge is -2.07. The number of aryl methyl sites for hydroxylation is 2. The number of amides is 1. The molecule has 0 spiro atoms. The topological polar surface area (TPSA) is 79.5 Å². The minimum Gasteiger partial charge on any atom is -0.481 e. The number of nitrogens with one attached hydrogen (secondary N) is 1. The van der Waals surface area contributed by atoms with Crippen molar-refractivity contribution in [3.8, 4) is 0 Å². The van der Waals surface area contributed by atoms with Gasteiger partial charge in [-0.2, -0.15) is 0 Å². The predicted molar refractivity (Wildman–Crippen MR) is 78.7 cm³/mol. The third-order valence-electron chi connectivity index (χ3n) is 3.33. The fraction of sp³-hybridized carbons (Fsp3) is 0.250. The maximum Gasteiger partial charge on any atom is 0.307 e. The van der Waals surface area contributed by atoms with Crippen LogP contribution in [-0.2, 0) is 11.2 Å². The highest BCUT2D eigenvalue weighted by Gasteiger charge is 2.18. The molecule has 2 aromatic rings. The van der Waals surface area contributed by atoms with Crippen molar-refractivity contribution in [3.63, 3.8) is 0 Å². The molecule has 5 nitrogen and oxygen atoms in total. The van der Waals surface area contributed by atoms with E-state index < -0.39 is 5.97 Å². The zero-order valence-corrected chi connectivity index (χ0v) is 12.2. The molecule has 0 aliphatic carbocycles. The van der Waals surface area contributed by atoms with Crippen molar-refractivity contribution < 1.29 is 19.1 Å². The monoisotopic (exact) mass is 287 g/mol. The highest BCUT2D eigenvalue weighted by Crippen LogP contribution is 2.22. The van der Waals surface area contributed by atoms with Gasteiger partial charge in [-0.25, -0.2) is 0 Å². The number of carbonyl (C=O) groups is 2. The Morgan fingerprint density at radius 3 is 2.48 bits per heavy atom. The number of carboxylic acids is 1. The second kappa shape index (κ2) is 5.83. The van der Waals surface area contributed by atoms with Crippen LogP contribution in [0.4, 0.5) is 5.69 Å². The fourth-order valence-electron chi connectivity index (χ4n) is 2.25. The van der Waals surface area contributed by atoms with E-state index in [-0.39, 0.29) is 12.3 Å². The zero-order chi connectivity index (χ0) is 15.6. The molecule has 0 unspecified atom stereocenters. The highest BCUT2D eigenvalue weighted by atomic mass is 16.4. The van der Waals surface area contributed by atoms with Crippen LogP contribution < -0.4 is 5.32 Å². The summed E-state index contributed by atoms with van der Waals surface area (Å²) in [4.78, 5) is 23.0. The number of benzene rings is 1. The molecule has 0 aliphatic heterocycles. The van der Waals surface area contributed by atoms with Gasteiger partial charge in [0.05, 0.1) is 12.0 Å². The van der Waals surface area contributed by atoms with E-state index in [4.69, 9.17) is 9.52 Å². The molecule has 5 heteroatoms. The Morgan fingerprint density at radius 2 is 1.90 bits per heavy atom. The predicted octanol–water partition coefficient (Wildman–Crippen LogP) is 3.08. The van der Waals surface area contributed by atoms with Gasteiger partial charge in [0.2, 0.25) is 0 Å². The van der Waals surface area contributed by atoms with Crippen LogP contribution in [0.1, 0.15) is 33.0 Å². The lowest BCUT2D eigenvalue weighted by molar-refractivity contribution is -0.136. The first-order valence-electron chi connectivity index (χ1n) is 6.57. The van der Waals surface area contributed by atoms with Gasteiger partial charge in [0.15, 0.2) is 0 Å². The Bertz CT molecular complexity index is 700. The summed E-state index contributed by atoms with van der Waals surface area (Å²) in [5.74, 6) is 0.131. The maximum atomic E-state index is 12.3. The van der Waals surface area contributed by atoms with Crippen LogP contribution >= 0.6 is 0 Å². The van der Waals surface area contributed by atoms with Crippen LogP contribution in [0.3, 0.4) is 0 Å². The number of furan rings is 1. The van der Waals surface area contributed by atoms with Crippen LogP contribution in [0, 0.1) is 20.8 Å². The summed E-state index contributed by atoms with van der Waals surface area (Å²) >= 11 is 0. The molecule has 1 aromatic heterocycles. The second-order valence-electron chi connectivity index (χ2n) is 4.94. The number of hydrogen-bond donors (Lipinski definition) is 2. The van der Waals surface area contributed by atoms with Crippen molar-refractivity contribution in [2.24, 2.45) is 0 Å². The first-order valence-corrected chi connectivity index (χ1v) is 6.57. The van der Waals surface area contributed by atoms with Crippen molar-refractivity contribution in [2.45, 2.75) is 27.2 Å². The standard InChI is InChI=1S/C16H17NO4/c1-9-10(2)21-11(3)15(9)16(20)17-13-6-4-5-12(7-13)8-14(18)19/h4-7H,8H2,1-3H3,(H,17,20)(H,18,19). The molecule has 1 amide bonds. The van der Waals surface area contributed by atoms with Gasteiger partial charge in [-0.05, 0) is 38.5 Å². The molecule has 0 saturated heterocycles. The van der Waals surface area contributed by atoms with Crippen molar-refractivity contribution in [1.82, 2.24) is 0 Å². The van der Waals surface area contributed by atoms with Crippen molar-refractivity contribution in [3.05, 3.63) is 52.5 Å².